The van der Waals surface area contributed by atoms with Crippen molar-refractivity contribution in [3.8, 4) is 0 Å². The first-order chi connectivity index (χ1) is 8.85. The first-order valence-electron chi connectivity index (χ1n) is 8.07. The van der Waals surface area contributed by atoms with Gasteiger partial charge < -0.3 is 10.2 Å². The fourth-order valence-corrected chi connectivity index (χ4v) is 3.67. The van der Waals surface area contributed by atoms with Gasteiger partial charge >= 0.3 is 0 Å². The summed E-state index contributed by atoms with van der Waals surface area (Å²) in [6, 6.07) is 2.54. The van der Waals surface area contributed by atoms with E-state index in [-0.39, 0.29) is 0 Å². The van der Waals surface area contributed by atoms with E-state index < -0.39 is 0 Å². The van der Waals surface area contributed by atoms with Crippen LogP contribution in [0.5, 0.6) is 0 Å². The molecule has 0 amide bonds. The summed E-state index contributed by atoms with van der Waals surface area (Å²) in [5, 5.41) is 3.92. The Kier molecular flexibility index (Phi) is 4.22. The van der Waals surface area contributed by atoms with Crippen molar-refractivity contribution in [2.45, 2.75) is 63.6 Å². The predicted octanol–water partition coefficient (Wildman–Crippen LogP) is 1.69. The van der Waals surface area contributed by atoms with E-state index in [4.69, 9.17) is 0 Å². The number of hydrogen-bond acceptors (Lipinski definition) is 3. The Balaban J connectivity index is 1.36. The maximum Gasteiger partial charge on any atom is 0.0209 e. The Bertz CT molecular complexity index is 256. The van der Waals surface area contributed by atoms with Gasteiger partial charge in [-0.2, -0.15) is 0 Å². The van der Waals surface area contributed by atoms with Crippen LogP contribution in [0, 0.1) is 0 Å². The highest BCUT2D eigenvalue weighted by Gasteiger charge is 2.35. The van der Waals surface area contributed by atoms with Gasteiger partial charge in [0, 0.05) is 31.2 Å². The second-order valence-corrected chi connectivity index (χ2v) is 6.49. The molecule has 104 valence electrons. The second kappa shape index (κ2) is 5.89. The van der Waals surface area contributed by atoms with Gasteiger partial charge in [0.2, 0.25) is 0 Å². The van der Waals surface area contributed by atoms with Gasteiger partial charge in [0.05, 0.1) is 0 Å². The van der Waals surface area contributed by atoms with Crippen LogP contribution in [0.15, 0.2) is 0 Å². The van der Waals surface area contributed by atoms with Crippen molar-refractivity contribution in [1.82, 2.24) is 15.1 Å². The van der Waals surface area contributed by atoms with Crippen LogP contribution in [0.1, 0.15) is 45.4 Å². The van der Waals surface area contributed by atoms with Crippen molar-refractivity contribution in [3.63, 3.8) is 0 Å². The maximum absolute atomic E-state index is 3.92. The first kappa shape index (κ1) is 12.9. The van der Waals surface area contributed by atoms with E-state index in [0.29, 0.717) is 0 Å². The quantitative estimate of drug-likeness (QED) is 0.802. The average molecular weight is 251 g/mol. The van der Waals surface area contributed by atoms with Crippen molar-refractivity contribution in [3.05, 3.63) is 0 Å². The van der Waals surface area contributed by atoms with Gasteiger partial charge in [-0.1, -0.05) is 6.92 Å². The van der Waals surface area contributed by atoms with Crippen LogP contribution < -0.4 is 5.32 Å². The molecule has 2 saturated heterocycles. The van der Waals surface area contributed by atoms with E-state index in [2.05, 4.69) is 22.0 Å². The molecule has 0 aromatic rings. The number of piperidine rings is 1. The number of nitrogens with one attached hydrogen (secondary N) is 1. The van der Waals surface area contributed by atoms with E-state index in [1.807, 2.05) is 0 Å². The van der Waals surface area contributed by atoms with Crippen LogP contribution in [0.25, 0.3) is 0 Å². The van der Waals surface area contributed by atoms with E-state index in [9.17, 15) is 0 Å². The molecule has 1 saturated carbocycles. The summed E-state index contributed by atoms with van der Waals surface area (Å²) < 4.78 is 0. The van der Waals surface area contributed by atoms with E-state index in [1.54, 1.807) is 0 Å². The Labute approximate surface area is 112 Å². The largest absolute Gasteiger partial charge is 0.310 e. The van der Waals surface area contributed by atoms with Gasteiger partial charge in [-0.05, 0) is 58.2 Å². The van der Waals surface area contributed by atoms with Crippen molar-refractivity contribution >= 4 is 0 Å². The van der Waals surface area contributed by atoms with E-state index in [0.717, 1.165) is 18.1 Å². The molecule has 3 heteroatoms. The molecular formula is C15H29N3. The third-order valence-corrected chi connectivity index (χ3v) is 4.88. The molecule has 0 aromatic carbocycles. The molecule has 1 aliphatic carbocycles. The molecule has 3 fully saturated rings. The van der Waals surface area contributed by atoms with Gasteiger partial charge in [-0.25, -0.2) is 0 Å². The van der Waals surface area contributed by atoms with Gasteiger partial charge in [0.25, 0.3) is 0 Å². The molecule has 0 aromatic heterocycles. The number of nitrogens with zero attached hydrogens (tertiary/aromatic N) is 2. The highest BCUT2D eigenvalue weighted by molar-refractivity contribution is 4.93. The third-order valence-electron chi connectivity index (χ3n) is 4.88. The SMILES string of the molecule is CCCN1CCC(NC2CCN(C3CC3)C2)CC1. The third kappa shape index (κ3) is 3.25. The summed E-state index contributed by atoms with van der Waals surface area (Å²) in [4.78, 5) is 5.34. The number of hydrogen-bond donors (Lipinski definition) is 1. The van der Waals surface area contributed by atoms with Gasteiger partial charge in [0.15, 0.2) is 0 Å². The highest BCUT2D eigenvalue weighted by atomic mass is 15.2. The topological polar surface area (TPSA) is 18.5 Å². The summed E-state index contributed by atoms with van der Waals surface area (Å²) in [5.41, 5.74) is 0. The molecule has 0 bridgehead atoms. The van der Waals surface area contributed by atoms with Gasteiger partial charge in [-0.3, -0.25) is 4.90 Å². The van der Waals surface area contributed by atoms with Crippen LogP contribution in [0.4, 0.5) is 0 Å². The molecular weight excluding hydrogens is 222 g/mol. The molecule has 3 aliphatic rings. The second-order valence-electron chi connectivity index (χ2n) is 6.49. The molecule has 0 spiro atoms. The molecule has 1 N–H and O–H groups in total. The summed E-state index contributed by atoms with van der Waals surface area (Å²) in [6.07, 6.45) is 8.33. The minimum Gasteiger partial charge on any atom is -0.310 e. The lowest BCUT2D eigenvalue weighted by Gasteiger charge is -2.33. The van der Waals surface area contributed by atoms with Crippen molar-refractivity contribution < 1.29 is 0 Å². The van der Waals surface area contributed by atoms with Gasteiger partial charge in [-0.15, -0.1) is 0 Å². The Hall–Kier alpha value is -0.120. The monoisotopic (exact) mass is 251 g/mol. The molecule has 18 heavy (non-hydrogen) atoms. The molecule has 0 radical (unpaired) electrons. The standard InChI is InChI=1S/C15H29N3/c1-2-8-17-9-5-13(6-10-17)16-14-7-11-18(12-14)15-3-4-15/h13-16H,2-12H2,1H3. The first-order valence-corrected chi connectivity index (χ1v) is 8.07. The van der Waals surface area contributed by atoms with Crippen molar-refractivity contribution in [1.29, 1.82) is 0 Å². The summed E-state index contributed by atoms with van der Waals surface area (Å²) >= 11 is 0. The zero-order chi connectivity index (χ0) is 12.4. The summed E-state index contributed by atoms with van der Waals surface area (Å²) in [5.74, 6) is 0. The normalized spacial score (nSPS) is 32.2. The lowest BCUT2D eigenvalue weighted by Crippen LogP contribution is -2.47. The maximum atomic E-state index is 3.92. The van der Waals surface area contributed by atoms with E-state index >= 15 is 0 Å². The predicted molar refractivity (Wildman–Crippen MR) is 75.9 cm³/mol. The molecule has 3 nitrogen and oxygen atoms in total. The Morgan fingerprint density at radius 3 is 2.33 bits per heavy atom. The molecule has 2 aliphatic heterocycles. The van der Waals surface area contributed by atoms with Crippen LogP contribution in [-0.4, -0.2) is 60.6 Å². The number of likely N-dealkylation sites (tertiary alicyclic amines) is 2. The van der Waals surface area contributed by atoms with Crippen molar-refractivity contribution in [2.75, 3.05) is 32.7 Å². The Morgan fingerprint density at radius 1 is 0.944 bits per heavy atom. The van der Waals surface area contributed by atoms with Crippen LogP contribution in [0.2, 0.25) is 0 Å². The highest BCUT2D eigenvalue weighted by Crippen LogP contribution is 2.30. The molecule has 1 atom stereocenters. The van der Waals surface area contributed by atoms with Gasteiger partial charge in [0.1, 0.15) is 0 Å². The smallest absolute Gasteiger partial charge is 0.0209 e. The minimum atomic E-state index is 0.785. The van der Waals surface area contributed by atoms with E-state index in [1.165, 1.54) is 71.2 Å². The molecule has 3 rings (SSSR count). The van der Waals surface area contributed by atoms with Crippen LogP contribution >= 0.6 is 0 Å². The zero-order valence-electron chi connectivity index (χ0n) is 11.9. The summed E-state index contributed by atoms with van der Waals surface area (Å²) in [7, 11) is 0. The minimum absolute atomic E-state index is 0.785. The number of rotatable bonds is 5. The Morgan fingerprint density at radius 2 is 1.67 bits per heavy atom. The summed E-state index contributed by atoms with van der Waals surface area (Å²) in [6.45, 7) is 8.87. The fraction of sp³-hybridized carbons (Fsp3) is 1.00. The lowest BCUT2D eigenvalue weighted by molar-refractivity contribution is 0.190. The average Bonchev–Trinajstić information content (AvgIpc) is 3.13. The zero-order valence-corrected chi connectivity index (χ0v) is 11.9. The van der Waals surface area contributed by atoms with Crippen LogP contribution in [-0.2, 0) is 0 Å². The lowest BCUT2D eigenvalue weighted by atomic mass is 10.0. The molecule has 2 heterocycles. The molecule has 1 unspecified atom stereocenters. The fourth-order valence-electron chi connectivity index (χ4n) is 3.67. The van der Waals surface area contributed by atoms with Crippen molar-refractivity contribution in [2.24, 2.45) is 0 Å². The van der Waals surface area contributed by atoms with Crippen LogP contribution in [0.3, 0.4) is 0 Å².